The van der Waals surface area contributed by atoms with Gasteiger partial charge in [0.15, 0.2) is 0 Å². The minimum Gasteiger partial charge on any atom is -0.368 e. The van der Waals surface area contributed by atoms with Crippen molar-refractivity contribution >= 4 is 17.5 Å². The summed E-state index contributed by atoms with van der Waals surface area (Å²) in [6, 6.07) is 9.43. The molecule has 0 saturated heterocycles. The van der Waals surface area contributed by atoms with Gasteiger partial charge >= 0.3 is 6.03 Å². The number of rotatable bonds is 7. The highest BCUT2D eigenvalue weighted by Gasteiger charge is 2.07. The number of imidazole rings is 1. The zero-order valence-corrected chi connectivity index (χ0v) is 16.4. The molecule has 8 nitrogen and oxygen atoms in total. The minimum atomic E-state index is -0.237. The van der Waals surface area contributed by atoms with Gasteiger partial charge in [-0.3, -0.25) is 4.57 Å². The van der Waals surface area contributed by atoms with E-state index < -0.39 is 0 Å². The molecule has 8 heteroatoms. The van der Waals surface area contributed by atoms with Crippen LogP contribution in [-0.2, 0) is 6.42 Å². The van der Waals surface area contributed by atoms with E-state index in [4.69, 9.17) is 0 Å². The predicted octanol–water partition coefficient (Wildman–Crippen LogP) is 3.08. The molecule has 3 rings (SSSR count). The lowest BCUT2D eigenvalue weighted by Gasteiger charge is -2.10. The van der Waals surface area contributed by atoms with Crippen molar-refractivity contribution in [3.63, 3.8) is 0 Å². The van der Waals surface area contributed by atoms with E-state index >= 15 is 0 Å². The van der Waals surface area contributed by atoms with Crippen molar-refractivity contribution in [2.75, 3.05) is 23.7 Å². The molecule has 3 N–H and O–H groups in total. The van der Waals surface area contributed by atoms with Crippen LogP contribution in [0.15, 0.2) is 43.0 Å². The van der Waals surface area contributed by atoms with Gasteiger partial charge in [0.25, 0.3) is 0 Å². The Kier molecular flexibility index (Phi) is 6.21. The molecule has 0 atom stereocenters. The Morgan fingerprint density at radius 1 is 1.07 bits per heavy atom. The van der Waals surface area contributed by atoms with Crippen molar-refractivity contribution in [2.45, 2.75) is 27.2 Å². The van der Waals surface area contributed by atoms with E-state index in [0.717, 1.165) is 29.3 Å². The van der Waals surface area contributed by atoms with Gasteiger partial charge < -0.3 is 16.0 Å². The van der Waals surface area contributed by atoms with Gasteiger partial charge in [0.1, 0.15) is 24.3 Å². The second kappa shape index (κ2) is 8.98. The lowest BCUT2D eigenvalue weighted by molar-refractivity contribution is 0.252. The lowest BCUT2D eigenvalue weighted by Crippen LogP contribution is -2.32. The fraction of sp³-hybridized carbons (Fsp3) is 0.300. The summed E-state index contributed by atoms with van der Waals surface area (Å²) in [7, 11) is 0. The molecule has 0 aliphatic heterocycles. The van der Waals surface area contributed by atoms with Gasteiger partial charge in [-0.2, -0.15) is 0 Å². The summed E-state index contributed by atoms with van der Waals surface area (Å²) in [4.78, 5) is 24.8. The summed E-state index contributed by atoms with van der Waals surface area (Å²) in [5, 5.41) is 8.82. The third-order valence-corrected chi connectivity index (χ3v) is 4.49. The molecule has 3 aromatic rings. The maximum absolute atomic E-state index is 12.0. The zero-order chi connectivity index (χ0) is 19.9. The van der Waals surface area contributed by atoms with Crippen molar-refractivity contribution in [1.82, 2.24) is 24.8 Å². The number of urea groups is 1. The zero-order valence-electron chi connectivity index (χ0n) is 16.4. The van der Waals surface area contributed by atoms with E-state index in [9.17, 15) is 4.79 Å². The molecule has 1 aromatic carbocycles. The predicted molar refractivity (Wildman–Crippen MR) is 110 cm³/mol. The summed E-state index contributed by atoms with van der Waals surface area (Å²) in [6.45, 7) is 7.05. The molecular formula is C20H25N7O. The smallest absolute Gasteiger partial charge is 0.319 e. The van der Waals surface area contributed by atoms with Crippen LogP contribution in [0.5, 0.6) is 0 Å². The second-order valence-electron chi connectivity index (χ2n) is 6.40. The van der Waals surface area contributed by atoms with Gasteiger partial charge in [-0.1, -0.05) is 19.1 Å². The molecule has 146 valence electrons. The summed E-state index contributed by atoms with van der Waals surface area (Å²) >= 11 is 0. The first-order valence-electron chi connectivity index (χ1n) is 9.27. The summed E-state index contributed by atoms with van der Waals surface area (Å²) in [5.74, 6) is 1.44. The Morgan fingerprint density at radius 3 is 2.54 bits per heavy atom. The molecule has 0 bridgehead atoms. The maximum atomic E-state index is 12.0. The standard InChI is InChI=1S/C20H25N7O/c1-4-16-5-7-17(8-6-16)26-20(28)22-10-9-21-18-11-19(24-12-23-18)27-13-25-14(2)15(27)3/h5-8,11-13H,4,9-10H2,1-3H3,(H,21,23,24)(H2,22,26,28). The first-order valence-corrected chi connectivity index (χ1v) is 9.27. The van der Waals surface area contributed by atoms with Crippen LogP contribution in [-0.4, -0.2) is 38.6 Å². The molecule has 0 aliphatic rings. The molecule has 2 aromatic heterocycles. The average molecular weight is 379 g/mol. The SMILES string of the molecule is CCc1ccc(NC(=O)NCCNc2cc(-n3cnc(C)c3C)ncn2)cc1. The van der Waals surface area contributed by atoms with Crippen LogP contribution in [0.25, 0.3) is 5.82 Å². The Balaban J connectivity index is 1.46. The van der Waals surface area contributed by atoms with Crippen LogP contribution in [0, 0.1) is 13.8 Å². The Bertz CT molecular complexity index is 934. The average Bonchev–Trinajstić information content (AvgIpc) is 3.05. The Hall–Kier alpha value is -3.42. The molecular weight excluding hydrogens is 354 g/mol. The monoisotopic (exact) mass is 379 g/mol. The number of aryl methyl sites for hydroxylation is 2. The largest absolute Gasteiger partial charge is 0.368 e. The number of hydrogen-bond donors (Lipinski definition) is 3. The first-order chi connectivity index (χ1) is 13.6. The Morgan fingerprint density at radius 2 is 1.86 bits per heavy atom. The van der Waals surface area contributed by atoms with Gasteiger partial charge in [-0.25, -0.2) is 19.7 Å². The highest BCUT2D eigenvalue weighted by Crippen LogP contribution is 2.13. The van der Waals surface area contributed by atoms with Crippen LogP contribution in [0.4, 0.5) is 16.3 Å². The fourth-order valence-electron chi connectivity index (χ4n) is 2.67. The third-order valence-electron chi connectivity index (χ3n) is 4.49. The summed E-state index contributed by atoms with van der Waals surface area (Å²) < 4.78 is 1.91. The van der Waals surface area contributed by atoms with Crippen molar-refractivity contribution in [3.05, 3.63) is 59.9 Å². The summed E-state index contributed by atoms with van der Waals surface area (Å²) in [6.07, 6.45) is 4.23. The van der Waals surface area contributed by atoms with Crippen LogP contribution < -0.4 is 16.0 Å². The topological polar surface area (TPSA) is 96.8 Å². The second-order valence-corrected chi connectivity index (χ2v) is 6.40. The van der Waals surface area contributed by atoms with Gasteiger partial charge in [-0.15, -0.1) is 0 Å². The van der Waals surface area contributed by atoms with Crippen LogP contribution >= 0.6 is 0 Å². The molecule has 0 spiro atoms. The van der Waals surface area contributed by atoms with Crippen molar-refractivity contribution < 1.29 is 4.79 Å². The molecule has 28 heavy (non-hydrogen) atoms. The van der Waals surface area contributed by atoms with E-state index in [1.54, 1.807) is 6.33 Å². The van der Waals surface area contributed by atoms with Crippen molar-refractivity contribution in [2.24, 2.45) is 0 Å². The summed E-state index contributed by atoms with van der Waals surface area (Å²) in [5.41, 5.74) is 4.01. The molecule has 0 aliphatic carbocycles. The van der Waals surface area contributed by atoms with Gasteiger partial charge in [0.05, 0.1) is 5.69 Å². The van der Waals surface area contributed by atoms with Crippen LogP contribution in [0.2, 0.25) is 0 Å². The number of carbonyl (C=O) groups excluding carboxylic acids is 1. The number of nitrogens with zero attached hydrogens (tertiary/aromatic N) is 4. The number of nitrogens with one attached hydrogen (secondary N) is 3. The minimum absolute atomic E-state index is 0.237. The number of aromatic nitrogens is 4. The number of carbonyl (C=O) groups is 1. The quantitative estimate of drug-likeness (QED) is 0.548. The van der Waals surface area contributed by atoms with E-state index in [1.165, 1.54) is 11.9 Å². The van der Waals surface area contributed by atoms with Crippen molar-refractivity contribution in [1.29, 1.82) is 0 Å². The third kappa shape index (κ3) is 4.85. The fourth-order valence-corrected chi connectivity index (χ4v) is 2.67. The van der Waals surface area contributed by atoms with Gasteiger partial charge in [-0.05, 0) is 38.0 Å². The molecule has 2 heterocycles. The number of benzene rings is 1. The number of hydrogen-bond acceptors (Lipinski definition) is 5. The molecule has 2 amide bonds. The molecule has 0 saturated carbocycles. The van der Waals surface area contributed by atoms with E-state index in [1.807, 2.05) is 48.7 Å². The highest BCUT2D eigenvalue weighted by atomic mass is 16.2. The maximum Gasteiger partial charge on any atom is 0.319 e. The van der Waals surface area contributed by atoms with Crippen LogP contribution in [0.3, 0.4) is 0 Å². The van der Waals surface area contributed by atoms with Crippen LogP contribution in [0.1, 0.15) is 23.9 Å². The number of amides is 2. The van der Waals surface area contributed by atoms with E-state index in [0.29, 0.717) is 18.9 Å². The Labute approximate surface area is 164 Å². The molecule has 0 fully saturated rings. The molecule has 0 unspecified atom stereocenters. The number of anilines is 2. The first kappa shape index (κ1) is 19.3. The highest BCUT2D eigenvalue weighted by molar-refractivity contribution is 5.89. The lowest BCUT2D eigenvalue weighted by atomic mass is 10.1. The van der Waals surface area contributed by atoms with Gasteiger partial charge in [0, 0.05) is 30.5 Å². The van der Waals surface area contributed by atoms with E-state index in [-0.39, 0.29) is 6.03 Å². The van der Waals surface area contributed by atoms with Gasteiger partial charge in [0.2, 0.25) is 0 Å². The molecule has 0 radical (unpaired) electrons. The normalized spacial score (nSPS) is 10.5. The van der Waals surface area contributed by atoms with Crippen molar-refractivity contribution in [3.8, 4) is 5.82 Å². The van der Waals surface area contributed by atoms with E-state index in [2.05, 4.69) is 37.8 Å².